The van der Waals surface area contributed by atoms with Gasteiger partial charge in [-0.15, -0.1) is 0 Å². The fourth-order valence-corrected chi connectivity index (χ4v) is 5.61. The van der Waals surface area contributed by atoms with Crippen molar-refractivity contribution in [2.45, 2.75) is 89.4 Å². The molecule has 4 heteroatoms. The van der Waals surface area contributed by atoms with E-state index < -0.39 is 22.2 Å². The van der Waals surface area contributed by atoms with Gasteiger partial charge in [-0.2, -0.15) is 0 Å². The van der Waals surface area contributed by atoms with Gasteiger partial charge in [-0.3, -0.25) is 4.79 Å². The van der Waals surface area contributed by atoms with Crippen molar-refractivity contribution in [1.29, 1.82) is 0 Å². The highest BCUT2D eigenvalue weighted by molar-refractivity contribution is 5.76. The number of ether oxygens (including phenoxy) is 1. The Labute approximate surface area is 133 Å². The maximum atomic E-state index is 12.7. The smallest absolute Gasteiger partial charge is 0.312 e. The lowest BCUT2D eigenvalue weighted by Gasteiger charge is -2.66. The summed E-state index contributed by atoms with van der Waals surface area (Å²) >= 11 is 0. The molecule has 126 valence electrons. The first-order valence-electron chi connectivity index (χ1n) is 8.76. The van der Waals surface area contributed by atoms with Crippen molar-refractivity contribution in [3.05, 3.63) is 0 Å². The third kappa shape index (κ3) is 2.22. The van der Waals surface area contributed by atoms with Crippen LogP contribution in [0.15, 0.2) is 0 Å². The molecule has 22 heavy (non-hydrogen) atoms. The first-order chi connectivity index (χ1) is 10.1. The second-order valence-corrected chi connectivity index (χ2v) is 8.81. The van der Waals surface area contributed by atoms with Crippen LogP contribution in [0.1, 0.15) is 72.6 Å². The molecule has 0 saturated heterocycles. The van der Waals surface area contributed by atoms with Crippen molar-refractivity contribution >= 4 is 5.97 Å². The molecule has 4 nitrogen and oxygen atoms in total. The summed E-state index contributed by atoms with van der Waals surface area (Å²) in [7, 11) is 0. The van der Waals surface area contributed by atoms with Crippen LogP contribution in [0.2, 0.25) is 0 Å². The quantitative estimate of drug-likeness (QED) is 0.784. The van der Waals surface area contributed by atoms with Crippen molar-refractivity contribution in [2.24, 2.45) is 17.3 Å². The third-order valence-corrected chi connectivity index (χ3v) is 6.63. The Hall–Kier alpha value is -0.610. The van der Waals surface area contributed by atoms with E-state index in [-0.39, 0.29) is 17.8 Å². The van der Waals surface area contributed by atoms with Gasteiger partial charge in [-0.05, 0) is 51.9 Å². The average molecular weight is 310 g/mol. The summed E-state index contributed by atoms with van der Waals surface area (Å²) in [6, 6.07) is 0. The van der Waals surface area contributed by atoms with Crippen LogP contribution in [0.4, 0.5) is 0 Å². The maximum Gasteiger partial charge on any atom is 0.312 e. The van der Waals surface area contributed by atoms with E-state index >= 15 is 0 Å². The predicted molar refractivity (Wildman–Crippen MR) is 83.2 cm³/mol. The van der Waals surface area contributed by atoms with Gasteiger partial charge < -0.3 is 14.9 Å². The van der Waals surface area contributed by atoms with Gasteiger partial charge in [-0.25, -0.2) is 0 Å². The summed E-state index contributed by atoms with van der Waals surface area (Å²) in [4.78, 5) is 12.7. The van der Waals surface area contributed by atoms with Crippen LogP contribution in [0.5, 0.6) is 0 Å². The van der Waals surface area contributed by atoms with Gasteiger partial charge in [0.05, 0.1) is 16.6 Å². The van der Waals surface area contributed by atoms with Crippen LogP contribution in [0.3, 0.4) is 0 Å². The molecule has 0 aromatic carbocycles. The van der Waals surface area contributed by atoms with E-state index in [1.165, 1.54) is 0 Å². The average Bonchev–Trinajstić information content (AvgIpc) is 2.34. The number of carbonyl (C=O) groups excluding carboxylic acids is 1. The first kappa shape index (κ1) is 16.3. The summed E-state index contributed by atoms with van der Waals surface area (Å²) < 4.78 is 6.08. The van der Waals surface area contributed by atoms with E-state index in [1.54, 1.807) is 0 Å². The normalized spacial score (nSPS) is 46.8. The summed E-state index contributed by atoms with van der Waals surface area (Å²) in [5.74, 6) is 0.00821. The molecule has 4 aliphatic rings. The molecule has 0 spiro atoms. The van der Waals surface area contributed by atoms with E-state index in [2.05, 4.69) is 6.92 Å². The highest BCUT2D eigenvalue weighted by atomic mass is 16.6. The molecular weight excluding hydrogens is 280 g/mol. The van der Waals surface area contributed by atoms with Crippen LogP contribution in [-0.2, 0) is 9.53 Å². The van der Waals surface area contributed by atoms with E-state index in [1.807, 2.05) is 20.8 Å². The molecule has 4 aliphatic carbocycles. The maximum absolute atomic E-state index is 12.7. The number of rotatable bonds is 4. The topological polar surface area (TPSA) is 66.8 Å². The van der Waals surface area contributed by atoms with Crippen molar-refractivity contribution in [3.8, 4) is 0 Å². The monoisotopic (exact) mass is 310 g/mol. The summed E-state index contributed by atoms with van der Waals surface area (Å²) in [5, 5.41) is 22.0. The van der Waals surface area contributed by atoms with Crippen molar-refractivity contribution in [3.63, 3.8) is 0 Å². The Balaban J connectivity index is 1.95. The van der Waals surface area contributed by atoms with Gasteiger partial charge in [0, 0.05) is 18.8 Å². The Kier molecular flexibility index (Phi) is 3.47. The van der Waals surface area contributed by atoms with Gasteiger partial charge >= 0.3 is 5.97 Å². The largest absolute Gasteiger partial charge is 0.458 e. The summed E-state index contributed by atoms with van der Waals surface area (Å²) in [5.41, 5.74) is -2.94. The zero-order chi connectivity index (χ0) is 16.4. The molecule has 0 radical (unpaired) electrons. The van der Waals surface area contributed by atoms with Crippen LogP contribution < -0.4 is 0 Å². The Morgan fingerprint density at radius 2 is 1.86 bits per heavy atom. The molecule has 0 aromatic heterocycles. The van der Waals surface area contributed by atoms with Gasteiger partial charge in [0.15, 0.2) is 0 Å². The van der Waals surface area contributed by atoms with Gasteiger partial charge in [0.2, 0.25) is 0 Å². The molecular formula is C18H30O4. The molecule has 0 heterocycles. The lowest BCUT2D eigenvalue weighted by molar-refractivity contribution is -0.296. The molecule has 0 aliphatic heterocycles. The molecule has 4 rings (SSSR count). The second-order valence-electron chi connectivity index (χ2n) is 8.81. The van der Waals surface area contributed by atoms with Crippen LogP contribution in [-0.4, -0.2) is 33.0 Å². The van der Waals surface area contributed by atoms with Crippen LogP contribution >= 0.6 is 0 Å². The third-order valence-electron chi connectivity index (χ3n) is 6.63. The van der Waals surface area contributed by atoms with Crippen LogP contribution in [0.25, 0.3) is 0 Å². The fraction of sp³-hybridized carbons (Fsp3) is 0.944. The summed E-state index contributed by atoms with van der Waals surface area (Å²) in [6.45, 7) is 7.84. The van der Waals surface area contributed by atoms with E-state index in [9.17, 15) is 15.0 Å². The standard InChI is InChI=1S/C18H30O4/c1-5-13-17(21)8-12-7-16(20,10-17)11-18(13,9-12)22-14(19)15(3,4)6-2/h12-13,20-21H,5-11H2,1-4H3. The number of aliphatic hydroxyl groups is 2. The van der Waals surface area contributed by atoms with Gasteiger partial charge in [0.1, 0.15) is 5.60 Å². The van der Waals surface area contributed by atoms with E-state index in [0.717, 1.165) is 32.1 Å². The number of hydrogen-bond donors (Lipinski definition) is 2. The number of carbonyl (C=O) groups is 1. The lowest BCUT2D eigenvalue weighted by Crippen LogP contribution is -2.72. The zero-order valence-corrected chi connectivity index (χ0v) is 14.3. The van der Waals surface area contributed by atoms with Crippen molar-refractivity contribution in [2.75, 3.05) is 0 Å². The molecule has 0 amide bonds. The molecule has 5 atom stereocenters. The highest BCUT2D eigenvalue weighted by Gasteiger charge is 2.69. The molecule has 4 bridgehead atoms. The van der Waals surface area contributed by atoms with E-state index in [0.29, 0.717) is 12.8 Å². The van der Waals surface area contributed by atoms with E-state index in [4.69, 9.17) is 4.74 Å². The van der Waals surface area contributed by atoms with Gasteiger partial charge in [-0.1, -0.05) is 13.8 Å². The molecule has 0 aromatic rings. The lowest BCUT2D eigenvalue weighted by atomic mass is 9.45. The minimum absolute atomic E-state index is 0.0616. The molecule has 4 saturated carbocycles. The zero-order valence-electron chi connectivity index (χ0n) is 14.3. The Bertz CT molecular complexity index is 487. The van der Waals surface area contributed by atoms with Gasteiger partial charge in [0.25, 0.3) is 0 Å². The SMILES string of the molecule is CCC1C2(O)CC3CC(O)(C2)CC1(OC(=O)C(C)(C)CC)C3. The van der Waals surface area contributed by atoms with Crippen molar-refractivity contribution in [1.82, 2.24) is 0 Å². The molecule has 4 fully saturated rings. The predicted octanol–water partition coefficient (Wildman–Crippen LogP) is 2.80. The number of esters is 1. The minimum atomic E-state index is -0.875. The Morgan fingerprint density at radius 1 is 1.18 bits per heavy atom. The minimum Gasteiger partial charge on any atom is -0.458 e. The van der Waals surface area contributed by atoms with Crippen LogP contribution in [0, 0.1) is 17.3 Å². The second kappa shape index (κ2) is 4.70. The Morgan fingerprint density at radius 3 is 2.41 bits per heavy atom. The van der Waals surface area contributed by atoms with Crippen molar-refractivity contribution < 1.29 is 19.7 Å². The first-order valence-corrected chi connectivity index (χ1v) is 8.76. The fourth-order valence-electron chi connectivity index (χ4n) is 5.61. The summed E-state index contributed by atoms with van der Waals surface area (Å²) in [6.07, 6.45) is 4.69. The number of hydrogen-bond acceptors (Lipinski definition) is 4. The molecule has 5 unspecified atom stereocenters. The highest BCUT2D eigenvalue weighted by Crippen LogP contribution is 2.64. The molecule has 2 N–H and O–H groups in total.